The summed E-state index contributed by atoms with van der Waals surface area (Å²) in [6.45, 7) is 0. The van der Waals surface area contributed by atoms with Gasteiger partial charge in [-0.2, -0.15) is 0 Å². The Labute approximate surface area is 419 Å². The van der Waals surface area contributed by atoms with Gasteiger partial charge in [-0.05, 0) is 136 Å². The standard InChI is InChI=1S/C68H50N4/c1-69-63-33-19-32-59-67-58-37-35-46(52-39-41-62(56-31-18-16-29-54(52)56)72(49-24-11-5-12-25-49)50-26-13-6-14-27-50)43-65(58)70(2)66(67)44-60(68(59)63)57-36-34-45(42-64(57)69)51-38-40-61(55-30-17-15-28-53(51)55)71(47-20-7-3-8-21-47)48-22-9-4-10-23-48/h3,5-9,11-44H,4,10H2,1-2H3. The summed E-state index contributed by atoms with van der Waals surface area (Å²) in [6.07, 6.45) is 9.04. The molecule has 0 amide bonds. The van der Waals surface area contributed by atoms with Crippen LogP contribution in [0.5, 0.6) is 0 Å². The molecule has 0 saturated heterocycles. The summed E-state index contributed by atoms with van der Waals surface area (Å²) in [7, 11) is 4.47. The number of para-hydroxylation sites is 3. The normalized spacial score (nSPS) is 13.0. The molecule has 0 spiro atoms. The Bertz CT molecular complexity index is 4150. The Hall–Kier alpha value is -9.12. The molecule has 2 aliphatic rings. The molecule has 11 aromatic carbocycles. The first kappa shape index (κ1) is 41.8. The third-order valence-corrected chi connectivity index (χ3v) is 15.3. The van der Waals surface area contributed by atoms with Gasteiger partial charge in [0.15, 0.2) is 0 Å². The van der Waals surface area contributed by atoms with Gasteiger partial charge >= 0.3 is 0 Å². The summed E-state index contributed by atoms with van der Waals surface area (Å²) in [6, 6.07) is 82.6. The van der Waals surface area contributed by atoms with E-state index in [9.17, 15) is 0 Å². The summed E-state index contributed by atoms with van der Waals surface area (Å²) < 4.78 is 2.41. The van der Waals surface area contributed by atoms with Crippen molar-refractivity contribution in [3.05, 3.63) is 248 Å². The summed E-state index contributed by atoms with van der Waals surface area (Å²) in [4.78, 5) is 7.19. The fourth-order valence-electron chi connectivity index (χ4n) is 12.0. The first-order chi connectivity index (χ1) is 35.6. The summed E-state index contributed by atoms with van der Waals surface area (Å²) in [5, 5.41) is 10.0. The predicted octanol–water partition coefficient (Wildman–Crippen LogP) is 18.7. The molecule has 2 heterocycles. The summed E-state index contributed by atoms with van der Waals surface area (Å²) in [5.41, 5.74) is 19.2. The first-order valence-electron chi connectivity index (χ1n) is 25.1. The van der Waals surface area contributed by atoms with Crippen LogP contribution in [-0.2, 0) is 7.05 Å². The lowest BCUT2D eigenvalue weighted by atomic mass is 9.87. The van der Waals surface area contributed by atoms with E-state index < -0.39 is 0 Å². The highest BCUT2D eigenvalue weighted by Crippen LogP contribution is 2.52. The van der Waals surface area contributed by atoms with Crippen LogP contribution < -0.4 is 14.7 Å². The van der Waals surface area contributed by atoms with Crippen molar-refractivity contribution >= 4 is 93.9 Å². The molecule has 12 aromatic rings. The lowest BCUT2D eigenvalue weighted by Crippen LogP contribution is -2.16. The molecule has 1 aromatic heterocycles. The van der Waals surface area contributed by atoms with E-state index in [1.54, 1.807) is 0 Å². The van der Waals surface area contributed by atoms with Gasteiger partial charge in [-0.1, -0.05) is 164 Å². The largest absolute Gasteiger partial charge is 0.344 e. The number of aryl methyl sites for hydroxylation is 1. The van der Waals surface area contributed by atoms with E-state index in [-0.39, 0.29) is 0 Å². The van der Waals surface area contributed by atoms with Crippen LogP contribution in [0.1, 0.15) is 12.8 Å². The second kappa shape index (κ2) is 16.8. The van der Waals surface area contributed by atoms with Gasteiger partial charge in [0.2, 0.25) is 0 Å². The van der Waals surface area contributed by atoms with Crippen molar-refractivity contribution in [1.82, 2.24) is 4.57 Å². The molecule has 0 atom stereocenters. The molecular formula is C68H50N4. The van der Waals surface area contributed by atoms with Crippen LogP contribution in [0.4, 0.5) is 39.8 Å². The molecular weight excluding hydrogens is 873 g/mol. The zero-order valence-corrected chi connectivity index (χ0v) is 40.3. The SMILES string of the molecule is CN1c2cc(-c3ccc(N(C4=CCCC=C4)c4ccccc4)c4ccccc34)ccc2-c2cc3c(c4cccc1c24)c1ccc(-c2ccc(N(c4ccccc4)c4ccccc4)c4ccccc24)cc1n3C. The van der Waals surface area contributed by atoms with Crippen LogP contribution in [0.3, 0.4) is 0 Å². The molecule has 0 saturated carbocycles. The highest BCUT2D eigenvalue weighted by Gasteiger charge is 2.27. The zero-order valence-electron chi connectivity index (χ0n) is 40.3. The summed E-state index contributed by atoms with van der Waals surface area (Å²) >= 11 is 0. The minimum absolute atomic E-state index is 1.04. The van der Waals surface area contributed by atoms with Crippen LogP contribution in [0.25, 0.3) is 87.5 Å². The molecule has 1 aliphatic carbocycles. The van der Waals surface area contributed by atoms with Crippen molar-refractivity contribution in [3.63, 3.8) is 0 Å². The lowest BCUT2D eigenvalue weighted by Gasteiger charge is -2.31. The van der Waals surface area contributed by atoms with Crippen LogP contribution in [0.2, 0.25) is 0 Å². The Morgan fingerprint density at radius 2 is 0.903 bits per heavy atom. The molecule has 0 bridgehead atoms. The number of anilines is 7. The Morgan fingerprint density at radius 1 is 0.361 bits per heavy atom. The van der Waals surface area contributed by atoms with E-state index in [4.69, 9.17) is 0 Å². The maximum atomic E-state index is 2.45. The van der Waals surface area contributed by atoms with E-state index in [1.165, 1.54) is 110 Å². The molecule has 1 aliphatic heterocycles. The van der Waals surface area contributed by atoms with Gasteiger partial charge in [0.05, 0.1) is 16.9 Å². The second-order valence-corrected chi connectivity index (χ2v) is 19.2. The number of nitrogens with zero attached hydrogens (tertiary/aromatic N) is 4. The van der Waals surface area contributed by atoms with E-state index in [0.717, 1.165) is 35.6 Å². The number of allylic oxidation sites excluding steroid dienone is 3. The fraction of sp³-hybridized carbons (Fsp3) is 0.0588. The van der Waals surface area contributed by atoms with Gasteiger partial charge in [0.25, 0.3) is 0 Å². The van der Waals surface area contributed by atoms with Crippen LogP contribution in [-0.4, -0.2) is 11.6 Å². The third kappa shape index (κ3) is 6.53. The van der Waals surface area contributed by atoms with Crippen LogP contribution in [0, 0.1) is 0 Å². The Balaban J connectivity index is 0.887. The Kier molecular flexibility index (Phi) is 9.75. The first-order valence-corrected chi connectivity index (χ1v) is 25.1. The van der Waals surface area contributed by atoms with Gasteiger partial charge in [-0.3, -0.25) is 0 Å². The van der Waals surface area contributed by atoms with Crippen molar-refractivity contribution in [2.75, 3.05) is 21.7 Å². The Morgan fingerprint density at radius 3 is 1.53 bits per heavy atom. The molecule has 0 fully saturated rings. The molecule has 4 heteroatoms. The minimum Gasteiger partial charge on any atom is -0.344 e. The lowest BCUT2D eigenvalue weighted by molar-refractivity contribution is 0.998. The van der Waals surface area contributed by atoms with Gasteiger partial charge < -0.3 is 19.3 Å². The average molecular weight is 923 g/mol. The minimum atomic E-state index is 1.04. The molecule has 14 rings (SSSR count). The van der Waals surface area contributed by atoms with Gasteiger partial charge in [0, 0.05) is 86.2 Å². The van der Waals surface area contributed by atoms with E-state index in [0.29, 0.717) is 0 Å². The number of aromatic nitrogens is 1. The van der Waals surface area contributed by atoms with Crippen LogP contribution >= 0.6 is 0 Å². The van der Waals surface area contributed by atoms with E-state index in [2.05, 4.69) is 276 Å². The van der Waals surface area contributed by atoms with Crippen molar-refractivity contribution in [1.29, 1.82) is 0 Å². The van der Waals surface area contributed by atoms with E-state index in [1.807, 2.05) is 0 Å². The smallest absolute Gasteiger partial charge is 0.0540 e. The van der Waals surface area contributed by atoms with Gasteiger partial charge in [0.1, 0.15) is 0 Å². The molecule has 0 N–H and O–H groups in total. The van der Waals surface area contributed by atoms with Crippen molar-refractivity contribution in [3.8, 4) is 33.4 Å². The highest BCUT2D eigenvalue weighted by atomic mass is 15.2. The van der Waals surface area contributed by atoms with Gasteiger partial charge in [-0.25, -0.2) is 0 Å². The monoisotopic (exact) mass is 922 g/mol. The molecule has 0 unspecified atom stereocenters. The predicted molar refractivity (Wildman–Crippen MR) is 307 cm³/mol. The number of rotatable bonds is 8. The van der Waals surface area contributed by atoms with Gasteiger partial charge in [-0.15, -0.1) is 0 Å². The van der Waals surface area contributed by atoms with Crippen LogP contribution in [0.15, 0.2) is 248 Å². The molecule has 4 nitrogen and oxygen atoms in total. The average Bonchev–Trinajstić information content (AvgIpc) is 3.73. The highest BCUT2D eigenvalue weighted by molar-refractivity contribution is 6.28. The van der Waals surface area contributed by atoms with Crippen molar-refractivity contribution in [2.45, 2.75) is 12.8 Å². The number of fused-ring (bicyclic) bond motifs is 8. The number of hydrogen-bond donors (Lipinski definition) is 0. The zero-order chi connectivity index (χ0) is 47.9. The number of hydrogen-bond acceptors (Lipinski definition) is 3. The number of benzene rings is 11. The van der Waals surface area contributed by atoms with Crippen molar-refractivity contribution in [2.24, 2.45) is 7.05 Å². The maximum absolute atomic E-state index is 2.45. The molecule has 0 radical (unpaired) electrons. The second-order valence-electron chi connectivity index (χ2n) is 19.2. The van der Waals surface area contributed by atoms with Crippen molar-refractivity contribution < 1.29 is 0 Å². The quantitative estimate of drug-likeness (QED) is 0.151. The topological polar surface area (TPSA) is 14.7 Å². The third-order valence-electron chi connectivity index (χ3n) is 15.3. The van der Waals surface area contributed by atoms with E-state index >= 15 is 0 Å². The molecule has 342 valence electrons. The summed E-state index contributed by atoms with van der Waals surface area (Å²) in [5.74, 6) is 0. The molecule has 72 heavy (non-hydrogen) atoms. The fourth-order valence-corrected chi connectivity index (χ4v) is 12.0. The maximum Gasteiger partial charge on any atom is 0.0540 e.